The summed E-state index contributed by atoms with van der Waals surface area (Å²) in [6, 6.07) is 23.8. The van der Waals surface area contributed by atoms with Crippen molar-refractivity contribution in [1.29, 1.82) is 10.5 Å². The minimum Gasteiger partial charge on any atom is -0.489 e. The Kier molecular flexibility index (Phi) is 7.77. The number of anilines is 1. The van der Waals surface area contributed by atoms with Gasteiger partial charge in [0.05, 0.1) is 23.0 Å². The second-order valence-electron chi connectivity index (χ2n) is 8.15. The third-order valence-corrected chi connectivity index (χ3v) is 5.68. The molecular weight excluding hydrogens is 471 g/mol. The third kappa shape index (κ3) is 5.92. The van der Waals surface area contributed by atoms with E-state index in [2.05, 4.69) is 22.6 Å². The number of nitrogens with zero attached hydrogens (tertiary/aromatic N) is 4. The first kappa shape index (κ1) is 25.0. The van der Waals surface area contributed by atoms with Crippen molar-refractivity contribution in [2.45, 2.75) is 19.4 Å². The molecule has 4 aromatic rings. The molecule has 0 aliphatic rings. The van der Waals surface area contributed by atoms with E-state index in [4.69, 9.17) is 10.5 Å². The van der Waals surface area contributed by atoms with Crippen LogP contribution in [-0.2, 0) is 13.0 Å². The van der Waals surface area contributed by atoms with E-state index in [-0.39, 0.29) is 29.7 Å². The molecule has 0 saturated heterocycles. The minimum atomic E-state index is -0.382. The molecule has 1 aromatic heterocycles. The molecule has 184 valence electrons. The van der Waals surface area contributed by atoms with E-state index >= 15 is 0 Å². The Labute approximate surface area is 213 Å². The van der Waals surface area contributed by atoms with Gasteiger partial charge in [-0.3, -0.25) is 4.79 Å². The van der Waals surface area contributed by atoms with Crippen molar-refractivity contribution >= 4 is 11.7 Å². The van der Waals surface area contributed by atoms with Gasteiger partial charge in [0, 0.05) is 17.7 Å². The number of carbonyl (C=O) groups excluding carboxylic acids is 1. The Morgan fingerprint density at radius 3 is 2.59 bits per heavy atom. The van der Waals surface area contributed by atoms with Gasteiger partial charge in [0.15, 0.2) is 0 Å². The molecule has 1 heterocycles. The van der Waals surface area contributed by atoms with Gasteiger partial charge in [-0.05, 0) is 61.4 Å². The number of halogens is 1. The second-order valence-corrected chi connectivity index (χ2v) is 8.15. The van der Waals surface area contributed by atoms with E-state index in [0.29, 0.717) is 47.6 Å². The molecule has 37 heavy (non-hydrogen) atoms. The summed E-state index contributed by atoms with van der Waals surface area (Å²) < 4.78 is 20.4. The summed E-state index contributed by atoms with van der Waals surface area (Å²) in [7, 11) is 0. The number of hydrogen-bond donors (Lipinski definition) is 2. The first-order valence-corrected chi connectivity index (χ1v) is 11.5. The highest BCUT2D eigenvalue weighted by molar-refractivity contribution is 5.94. The molecule has 8 nitrogen and oxygen atoms in total. The maximum absolute atomic E-state index is 13.2. The zero-order chi connectivity index (χ0) is 26.2. The van der Waals surface area contributed by atoms with Gasteiger partial charge in [0.1, 0.15) is 35.6 Å². The van der Waals surface area contributed by atoms with E-state index in [1.807, 2.05) is 12.1 Å². The van der Waals surface area contributed by atoms with Crippen LogP contribution in [0.4, 0.5) is 10.2 Å². The van der Waals surface area contributed by atoms with Crippen LogP contribution in [0.1, 0.15) is 39.2 Å². The highest BCUT2D eigenvalue weighted by atomic mass is 19.1. The predicted octanol–water partition coefficient (Wildman–Crippen LogP) is 4.28. The monoisotopic (exact) mass is 494 g/mol. The summed E-state index contributed by atoms with van der Waals surface area (Å²) in [4.78, 5) is 12.6. The average molecular weight is 495 g/mol. The number of ether oxygens (including phenoxy) is 1. The quantitative estimate of drug-likeness (QED) is 0.334. The van der Waals surface area contributed by atoms with Crippen molar-refractivity contribution in [3.05, 3.63) is 107 Å². The van der Waals surface area contributed by atoms with Crippen LogP contribution in [0.3, 0.4) is 0 Å². The Morgan fingerprint density at radius 1 is 1.05 bits per heavy atom. The van der Waals surface area contributed by atoms with Gasteiger partial charge in [0.2, 0.25) is 0 Å². The van der Waals surface area contributed by atoms with Gasteiger partial charge in [0.25, 0.3) is 5.91 Å². The van der Waals surface area contributed by atoms with Crippen LogP contribution in [-0.4, -0.2) is 22.2 Å². The number of aromatic nitrogens is 2. The number of nitriles is 2. The molecule has 0 saturated carbocycles. The van der Waals surface area contributed by atoms with Crippen LogP contribution in [0.25, 0.3) is 5.69 Å². The number of benzene rings is 3. The van der Waals surface area contributed by atoms with Gasteiger partial charge >= 0.3 is 0 Å². The second kappa shape index (κ2) is 11.5. The molecule has 0 atom stereocenters. The maximum atomic E-state index is 13.2. The largest absolute Gasteiger partial charge is 0.489 e. The van der Waals surface area contributed by atoms with Crippen molar-refractivity contribution in [1.82, 2.24) is 15.1 Å². The van der Waals surface area contributed by atoms with Crippen LogP contribution in [0.2, 0.25) is 0 Å². The minimum absolute atomic E-state index is 0.183. The zero-order valence-electron chi connectivity index (χ0n) is 19.8. The topological polar surface area (TPSA) is 130 Å². The van der Waals surface area contributed by atoms with Crippen molar-refractivity contribution in [3.63, 3.8) is 0 Å². The van der Waals surface area contributed by atoms with Crippen molar-refractivity contribution in [2.24, 2.45) is 0 Å². The normalized spacial score (nSPS) is 10.4. The van der Waals surface area contributed by atoms with E-state index in [9.17, 15) is 19.7 Å². The summed E-state index contributed by atoms with van der Waals surface area (Å²) >= 11 is 0. The lowest BCUT2D eigenvalue weighted by atomic mass is 10.1. The number of nitrogens with two attached hydrogens (primary N) is 1. The lowest BCUT2D eigenvalue weighted by Gasteiger charge is -2.09. The molecule has 9 heteroatoms. The molecule has 3 N–H and O–H groups in total. The van der Waals surface area contributed by atoms with Crippen LogP contribution >= 0.6 is 0 Å². The number of nitrogens with one attached hydrogen (secondary N) is 1. The lowest BCUT2D eigenvalue weighted by Crippen LogP contribution is -2.24. The molecular formula is C28H23FN6O2. The molecule has 0 radical (unpaired) electrons. The zero-order valence-corrected chi connectivity index (χ0v) is 19.8. The van der Waals surface area contributed by atoms with Crippen LogP contribution in [0.5, 0.6) is 5.75 Å². The number of aryl methyl sites for hydroxylation is 1. The molecule has 0 spiro atoms. The summed E-state index contributed by atoms with van der Waals surface area (Å²) in [5.41, 5.74) is 9.15. The van der Waals surface area contributed by atoms with Crippen molar-refractivity contribution < 1.29 is 13.9 Å². The van der Waals surface area contributed by atoms with Gasteiger partial charge in [-0.2, -0.15) is 15.6 Å². The SMILES string of the molecule is N#Cc1ccccc1COc1cccc(C(=O)NCCCc2nn(-c3ccc(F)cc3)c(N)c2C#N)c1. The number of amides is 1. The highest BCUT2D eigenvalue weighted by Crippen LogP contribution is 2.22. The summed E-state index contributed by atoms with van der Waals surface area (Å²) in [5, 5.41) is 26.0. The average Bonchev–Trinajstić information content (AvgIpc) is 3.25. The van der Waals surface area contributed by atoms with E-state index in [1.54, 1.807) is 36.4 Å². The number of rotatable bonds is 9. The maximum Gasteiger partial charge on any atom is 0.251 e. The Morgan fingerprint density at radius 2 is 1.84 bits per heavy atom. The van der Waals surface area contributed by atoms with E-state index in [1.165, 1.54) is 28.9 Å². The number of carbonyl (C=O) groups is 1. The van der Waals surface area contributed by atoms with Crippen molar-refractivity contribution in [2.75, 3.05) is 12.3 Å². The molecule has 0 fully saturated rings. The van der Waals surface area contributed by atoms with E-state index < -0.39 is 0 Å². The first-order chi connectivity index (χ1) is 18.0. The fourth-order valence-electron chi connectivity index (χ4n) is 3.76. The molecule has 4 rings (SSSR count). The van der Waals surface area contributed by atoms with Gasteiger partial charge < -0.3 is 15.8 Å². The summed E-state index contributed by atoms with van der Waals surface area (Å²) in [6.45, 7) is 0.567. The molecule has 0 aliphatic carbocycles. The Balaban J connectivity index is 1.33. The van der Waals surface area contributed by atoms with Gasteiger partial charge in [-0.1, -0.05) is 24.3 Å². The molecule has 1 amide bonds. The number of nitrogen functional groups attached to an aromatic ring is 1. The third-order valence-electron chi connectivity index (χ3n) is 5.68. The van der Waals surface area contributed by atoms with Crippen molar-refractivity contribution in [3.8, 4) is 23.6 Å². The predicted molar refractivity (Wildman–Crippen MR) is 135 cm³/mol. The Hall–Kier alpha value is -5.15. The molecule has 0 unspecified atom stereocenters. The highest BCUT2D eigenvalue weighted by Gasteiger charge is 2.16. The fourth-order valence-corrected chi connectivity index (χ4v) is 3.76. The van der Waals surface area contributed by atoms with Crippen LogP contribution < -0.4 is 15.8 Å². The number of hydrogen-bond acceptors (Lipinski definition) is 6. The summed E-state index contributed by atoms with van der Waals surface area (Å²) in [6.07, 6.45) is 0.949. The van der Waals surface area contributed by atoms with Gasteiger partial charge in [-0.25, -0.2) is 9.07 Å². The molecule has 3 aromatic carbocycles. The smallest absolute Gasteiger partial charge is 0.251 e. The first-order valence-electron chi connectivity index (χ1n) is 11.5. The fraction of sp³-hybridized carbons (Fsp3) is 0.143. The summed E-state index contributed by atoms with van der Waals surface area (Å²) in [5.74, 6) is 0.0512. The molecule has 0 bridgehead atoms. The van der Waals surface area contributed by atoms with Crippen LogP contribution in [0, 0.1) is 28.5 Å². The van der Waals surface area contributed by atoms with Gasteiger partial charge in [-0.15, -0.1) is 0 Å². The Bertz CT molecular complexity index is 1500. The lowest BCUT2D eigenvalue weighted by molar-refractivity contribution is 0.0952. The van der Waals surface area contributed by atoms with E-state index in [0.717, 1.165) is 5.56 Å². The van der Waals surface area contributed by atoms with Crippen LogP contribution in [0.15, 0.2) is 72.8 Å². The molecule has 0 aliphatic heterocycles. The standard InChI is InChI=1S/C28H23FN6O2/c29-22-10-12-23(13-11-22)35-27(32)25(17-31)26(34-35)9-4-14-33-28(36)19-7-3-8-24(15-19)37-18-21-6-2-1-5-20(21)16-30/h1-3,5-8,10-13,15H,4,9,14,18,32H2,(H,33,36).